The van der Waals surface area contributed by atoms with Gasteiger partial charge in [0.15, 0.2) is 6.49 Å². The predicted molar refractivity (Wildman–Crippen MR) is 41.6 cm³/mol. The van der Waals surface area contributed by atoms with E-state index in [1.165, 1.54) is 0 Å². The zero-order valence-electron chi connectivity index (χ0n) is 3.95. The summed E-state index contributed by atoms with van der Waals surface area (Å²) in [5, 5.41) is 0. The Labute approximate surface area is 64.4 Å². The maximum Gasteiger partial charge on any atom is 0.184 e. The third kappa shape index (κ3) is 10.2. The van der Waals surface area contributed by atoms with Gasteiger partial charge in [-0.25, -0.2) is 0 Å². The maximum atomic E-state index is 8.41. The van der Waals surface area contributed by atoms with Gasteiger partial charge in [0.05, 0.1) is 0 Å². The summed E-state index contributed by atoms with van der Waals surface area (Å²) in [5.41, 5.74) is 0. The molecule has 0 aliphatic carbocycles. The van der Waals surface area contributed by atoms with Crippen molar-refractivity contribution in [3.05, 3.63) is 0 Å². The summed E-state index contributed by atoms with van der Waals surface area (Å²) >= 11 is 9.35. The first kappa shape index (κ1) is 11.9. The van der Waals surface area contributed by atoms with E-state index in [4.69, 9.17) is 21.4 Å². The van der Waals surface area contributed by atoms with Crippen molar-refractivity contribution in [3.63, 3.8) is 0 Å². The van der Waals surface area contributed by atoms with Gasteiger partial charge in [-0.1, -0.05) is 0 Å². The molecule has 0 aromatic rings. The average Bonchev–Trinajstić information content (AvgIpc) is 1.30. The molecule has 0 heterocycles. The molecule has 2 N–H and O–H groups in total. The zero-order valence-corrected chi connectivity index (χ0v) is 7.23. The molecule has 0 aliphatic rings. The van der Waals surface area contributed by atoms with E-state index in [1.807, 2.05) is 0 Å². The highest BCUT2D eigenvalue weighted by Crippen LogP contribution is 2.34. The molecule has 0 bridgehead atoms. The fourth-order valence-electron chi connectivity index (χ4n) is 0.110. The van der Waals surface area contributed by atoms with Gasteiger partial charge >= 0.3 is 0 Å². The molecular formula is C2H7Cl2O2PS. The summed E-state index contributed by atoms with van der Waals surface area (Å²) in [6.07, 6.45) is 0.143. The lowest BCUT2D eigenvalue weighted by atomic mass is 11.0. The van der Waals surface area contributed by atoms with Crippen molar-refractivity contribution in [1.29, 1.82) is 0 Å². The Hall–Kier alpha value is 1.15. The lowest BCUT2D eigenvalue weighted by Gasteiger charge is -2.00. The Kier molecular flexibility index (Phi) is 7.40. The molecule has 0 unspecified atom stereocenters. The summed E-state index contributed by atoms with van der Waals surface area (Å²) < 4.78 is 0. The Morgan fingerprint density at radius 3 is 1.88 bits per heavy atom. The molecule has 0 fully saturated rings. The van der Waals surface area contributed by atoms with Crippen LogP contribution in [0.1, 0.15) is 0 Å². The summed E-state index contributed by atoms with van der Waals surface area (Å²) in [6, 6.07) is 0. The molecule has 2 nitrogen and oxygen atoms in total. The average molecular weight is 197 g/mol. The highest BCUT2D eigenvalue weighted by molar-refractivity contribution is 8.09. The van der Waals surface area contributed by atoms with Crippen LogP contribution in [0.5, 0.6) is 0 Å². The number of hydrogen-bond acceptors (Lipinski definition) is 1. The van der Waals surface area contributed by atoms with Gasteiger partial charge in [0.2, 0.25) is 0 Å². The molecule has 0 radical (unpaired) electrons. The number of hydrogen-bond donors (Lipinski definition) is 2. The van der Waals surface area contributed by atoms with Crippen molar-refractivity contribution in [2.45, 2.75) is 0 Å². The van der Waals surface area contributed by atoms with Crippen molar-refractivity contribution in [1.82, 2.24) is 0 Å². The Morgan fingerprint density at radius 2 is 1.88 bits per heavy atom. The zero-order chi connectivity index (χ0) is 5.91. The number of halogens is 2. The van der Waals surface area contributed by atoms with Gasteiger partial charge < -0.3 is 9.79 Å². The predicted octanol–water partition coefficient (Wildman–Crippen LogP) is 0.941. The van der Waals surface area contributed by atoms with E-state index in [0.717, 1.165) is 0 Å². The van der Waals surface area contributed by atoms with E-state index < -0.39 is 6.49 Å². The van der Waals surface area contributed by atoms with E-state index in [1.54, 1.807) is 0 Å². The van der Waals surface area contributed by atoms with Crippen molar-refractivity contribution in [2.75, 3.05) is 12.0 Å². The van der Waals surface area contributed by atoms with Crippen LogP contribution in [0.15, 0.2) is 0 Å². The second-order valence-electron chi connectivity index (χ2n) is 1.08. The molecule has 0 amide bonds. The highest BCUT2D eigenvalue weighted by Gasteiger charge is 2.03. The first-order chi connectivity index (χ1) is 3.06. The lowest BCUT2D eigenvalue weighted by Crippen LogP contribution is -1.85. The first-order valence-corrected chi connectivity index (χ1v) is 5.09. The molecule has 0 spiro atoms. The fraction of sp³-hybridized carbons (Fsp3) is 1.00. The van der Waals surface area contributed by atoms with E-state index in [9.17, 15) is 0 Å². The van der Waals surface area contributed by atoms with Gasteiger partial charge in [0.25, 0.3) is 0 Å². The molecule has 0 saturated carbocycles. The molecule has 0 aliphatic heterocycles. The summed E-state index contributed by atoms with van der Waals surface area (Å²) in [5.74, 6) is 0.226. The van der Waals surface area contributed by atoms with Crippen LogP contribution in [0.4, 0.5) is 0 Å². The SMILES string of the molecule is Cl.OP(O)(=S)CCCl. The van der Waals surface area contributed by atoms with Gasteiger partial charge in [0.1, 0.15) is 0 Å². The van der Waals surface area contributed by atoms with Gasteiger partial charge in [-0.05, 0) is 11.8 Å². The van der Waals surface area contributed by atoms with Gasteiger partial charge in [-0.15, -0.1) is 24.0 Å². The number of alkyl halides is 1. The van der Waals surface area contributed by atoms with Crippen molar-refractivity contribution in [3.8, 4) is 0 Å². The first-order valence-electron chi connectivity index (χ1n) is 1.67. The molecule has 0 aromatic carbocycles. The van der Waals surface area contributed by atoms with Gasteiger partial charge in [-0.3, -0.25) is 0 Å². The highest BCUT2D eigenvalue weighted by atomic mass is 35.5. The van der Waals surface area contributed by atoms with Crippen LogP contribution in [-0.2, 0) is 11.8 Å². The van der Waals surface area contributed by atoms with Crippen LogP contribution in [-0.4, -0.2) is 21.8 Å². The van der Waals surface area contributed by atoms with Crippen molar-refractivity contribution in [2.24, 2.45) is 0 Å². The maximum absolute atomic E-state index is 8.41. The smallest absolute Gasteiger partial charge is 0.184 e. The normalized spacial score (nSPS) is 10.4. The van der Waals surface area contributed by atoms with E-state index in [2.05, 4.69) is 11.8 Å². The molecule has 0 rings (SSSR count). The second kappa shape index (κ2) is 4.98. The van der Waals surface area contributed by atoms with Crippen LogP contribution in [0.3, 0.4) is 0 Å². The quantitative estimate of drug-likeness (QED) is 0.511. The number of rotatable bonds is 2. The molecular weight excluding hydrogens is 190 g/mol. The Balaban J connectivity index is 0. The molecule has 0 atom stereocenters. The van der Waals surface area contributed by atoms with E-state index in [0.29, 0.717) is 0 Å². The van der Waals surface area contributed by atoms with Crippen molar-refractivity contribution >= 4 is 42.3 Å². The fourth-order valence-corrected chi connectivity index (χ4v) is 1.61. The largest absolute Gasteiger partial charge is 0.345 e. The second-order valence-corrected chi connectivity index (χ2v) is 4.99. The van der Waals surface area contributed by atoms with Gasteiger partial charge in [-0.2, -0.15) is 0 Å². The van der Waals surface area contributed by atoms with E-state index in [-0.39, 0.29) is 24.4 Å². The molecule has 52 valence electrons. The van der Waals surface area contributed by atoms with Gasteiger partial charge in [0, 0.05) is 12.0 Å². The minimum atomic E-state index is -2.96. The standard InChI is InChI=1S/C2H6ClO2PS.ClH/c3-1-2-6(4,5)7;/h1-2H2,(H2,4,5,7);1H. The summed E-state index contributed by atoms with van der Waals surface area (Å²) in [6.45, 7) is -2.96. The van der Waals surface area contributed by atoms with E-state index >= 15 is 0 Å². The molecule has 6 heteroatoms. The van der Waals surface area contributed by atoms with Crippen LogP contribution < -0.4 is 0 Å². The minimum Gasteiger partial charge on any atom is -0.345 e. The Bertz CT molecular complexity index is 92.0. The third-order valence-electron chi connectivity index (χ3n) is 0.376. The van der Waals surface area contributed by atoms with Crippen LogP contribution in [0.2, 0.25) is 0 Å². The molecule has 0 saturated heterocycles. The lowest BCUT2D eigenvalue weighted by molar-refractivity contribution is 0.481. The summed E-state index contributed by atoms with van der Waals surface area (Å²) in [7, 11) is 0. The third-order valence-corrected chi connectivity index (χ3v) is 2.18. The van der Waals surface area contributed by atoms with Crippen LogP contribution in [0, 0.1) is 0 Å². The molecule has 8 heavy (non-hydrogen) atoms. The monoisotopic (exact) mass is 196 g/mol. The molecule has 0 aromatic heterocycles. The van der Waals surface area contributed by atoms with Crippen LogP contribution in [0.25, 0.3) is 0 Å². The van der Waals surface area contributed by atoms with Crippen LogP contribution >= 0.6 is 30.5 Å². The summed E-state index contributed by atoms with van der Waals surface area (Å²) in [4.78, 5) is 16.8. The topological polar surface area (TPSA) is 40.5 Å². The minimum absolute atomic E-state index is 0. The Morgan fingerprint density at radius 1 is 1.50 bits per heavy atom. The van der Waals surface area contributed by atoms with Crippen molar-refractivity contribution < 1.29 is 9.79 Å².